The van der Waals surface area contributed by atoms with Crippen molar-refractivity contribution in [3.05, 3.63) is 147 Å². The summed E-state index contributed by atoms with van der Waals surface area (Å²) < 4.78 is 37.5. The lowest BCUT2D eigenvalue weighted by Crippen LogP contribution is -2.34. The molecule has 10 nitrogen and oxygen atoms in total. The summed E-state index contributed by atoms with van der Waals surface area (Å²) >= 11 is 13.2. The van der Waals surface area contributed by atoms with Gasteiger partial charge in [-0.3, -0.25) is 9.78 Å². The minimum absolute atomic E-state index is 0.0401. The Bertz CT molecular complexity index is 2470. The van der Waals surface area contributed by atoms with Gasteiger partial charge in [-0.2, -0.15) is 0 Å². The van der Waals surface area contributed by atoms with Crippen LogP contribution in [0.25, 0.3) is 28.6 Å². The van der Waals surface area contributed by atoms with Crippen LogP contribution in [0.15, 0.2) is 114 Å². The SMILES string of the molecule is CCc1ccc(CCOc2ccc(-c3cc(-c4c(Cl)ccc(F)c4Cl)nc(N4C(=O)/C(=C\c5cc(OC)c(OC)c(OC)c5)N=C4c4ccccc4)n3)cc2)nc1. The van der Waals surface area contributed by atoms with Gasteiger partial charge < -0.3 is 18.9 Å². The number of ether oxygens (including phenoxy) is 4. The maximum atomic E-state index is 14.9. The van der Waals surface area contributed by atoms with E-state index in [-0.39, 0.29) is 38.8 Å². The summed E-state index contributed by atoms with van der Waals surface area (Å²) in [6.07, 6.45) is 5.06. The predicted octanol–water partition coefficient (Wildman–Crippen LogP) is 9.70. The molecule has 0 spiro atoms. The van der Waals surface area contributed by atoms with E-state index in [2.05, 4.69) is 18.0 Å². The molecule has 6 aromatic rings. The van der Waals surface area contributed by atoms with E-state index in [0.29, 0.717) is 58.4 Å². The Morgan fingerprint density at radius 2 is 1.53 bits per heavy atom. The fourth-order valence-electron chi connectivity index (χ4n) is 6.21. The van der Waals surface area contributed by atoms with E-state index < -0.39 is 11.7 Å². The Morgan fingerprint density at radius 3 is 2.18 bits per heavy atom. The molecule has 4 aromatic carbocycles. The third-order valence-corrected chi connectivity index (χ3v) is 9.85. The van der Waals surface area contributed by atoms with Crippen LogP contribution in [-0.4, -0.2) is 54.6 Å². The van der Waals surface area contributed by atoms with Crippen molar-refractivity contribution in [3.8, 4) is 45.5 Å². The topological polar surface area (TPSA) is 108 Å². The van der Waals surface area contributed by atoms with Gasteiger partial charge in [-0.25, -0.2) is 24.3 Å². The molecule has 0 radical (unpaired) electrons. The number of anilines is 1. The Morgan fingerprint density at radius 1 is 0.807 bits per heavy atom. The van der Waals surface area contributed by atoms with Crippen LogP contribution in [0.4, 0.5) is 10.3 Å². The summed E-state index contributed by atoms with van der Waals surface area (Å²) in [6, 6.07) is 28.2. The van der Waals surface area contributed by atoms with Crippen molar-refractivity contribution in [1.29, 1.82) is 0 Å². The monoisotopic (exact) mass is 803 g/mol. The van der Waals surface area contributed by atoms with Crippen molar-refractivity contribution in [2.24, 2.45) is 4.99 Å². The van der Waals surface area contributed by atoms with Gasteiger partial charge in [-0.1, -0.05) is 66.5 Å². The quantitative estimate of drug-likeness (QED) is 0.0839. The molecule has 0 atom stereocenters. The molecule has 0 unspecified atom stereocenters. The summed E-state index contributed by atoms with van der Waals surface area (Å²) in [5.41, 5.74) is 4.77. The molecule has 57 heavy (non-hydrogen) atoms. The fraction of sp³-hybridized carbons (Fsp3) is 0.159. The van der Waals surface area contributed by atoms with Gasteiger partial charge in [0.15, 0.2) is 17.3 Å². The van der Waals surface area contributed by atoms with Gasteiger partial charge in [0, 0.05) is 35.0 Å². The number of hydrogen-bond acceptors (Lipinski definition) is 9. The van der Waals surface area contributed by atoms with Crippen molar-refractivity contribution < 1.29 is 28.1 Å². The number of carbonyl (C=O) groups is 1. The molecule has 7 rings (SSSR count). The number of amides is 1. The van der Waals surface area contributed by atoms with Crippen LogP contribution in [0, 0.1) is 5.82 Å². The smallest absolute Gasteiger partial charge is 0.285 e. The molecule has 2 aromatic heterocycles. The standard InChI is InChI=1S/C44H36Cl2FN5O5/c1-5-26-11-14-30(48-25-26)19-20-57-31-15-12-28(13-16-31)34-24-35(39-32(45)17-18-33(47)40(39)46)51-44(50-34)52-42(29-9-7-6-8-10-29)49-36(43(52)53)21-27-22-37(54-2)41(56-4)38(23-27)55-3/h6-18,21-25H,5,19-20H2,1-4H3/b36-21+. The molecule has 1 aliphatic heterocycles. The number of amidine groups is 1. The number of hydrogen-bond donors (Lipinski definition) is 0. The fourth-order valence-corrected chi connectivity index (χ4v) is 6.77. The Balaban J connectivity index is 1.30. The summed E-state index contributed by atoms with van der Waals surface area (Å²) in [6.45, 7) is 2.52. The third kappa shape index (κ3) is 8.30. The molecule has 13 heteroatoms. The summed E-state index contributed by atoms with van der Waals surface area (Å²) in [5, 5.41) is -0.0689. The molecule has 1 aliphatic rings. The van der Waals surface area contributed by atoms with Crippen LogP contribution in [0.1, 0.15) is 29.3 Å². The number of aliphatic imine (C=N–C) groups is 1. The summed E-state index contributed by atoms with van der Waals surface area (Å²) in [4.78, 5) is 34.8. The van der Waals surface area contributed by atoms with Crippen LogP contribution in [0.2, 0.25) is 10.0 Å². The first-order chi connectivity index (χ1) is 27.7. The minimum Gasteiger partial charge on any atom is -0.493 e. The molecule has 0 N–H and O–H groups in total. The number of aryl methyl sites for hydroxylation is 1. The molecule has 288 valence electrons. The second-order valence-electron chi connectivity index (χ2n) is 12.7. The van der Waals surface area contributed by atoms with E-state index >= 15 is 0 Å². The second-order valence-corrected chi connectivity index (χ2v) is 13.5. The van der Waals surface area contributed by atoms with E-state index in [1.807, 2.05) is 66.9 Å². The van der Waals surface area contributed by atoms with Crippen molar-refractivity contribution in [3.63, 3.8) is 0 Å². The highest BCUT2D eigenvalue weighted by atomic mass is 35.5. The lowest BCUT2D eigenvalue weighted by molar-refractivity contribution is -0.113. The molecule has 0 bridgehead atoms. The largest absolute Gasteiger partial charge is 0.493 e. The van der Waals surface area contributed by atoms with Gasteiger partial charge in [0.05, 0.1) is 49.4 Å². The van der Waals surface area contributed by atoms with Crippen molar-refractivity contribution >= 4 is 47.0 Å². The lowest BCUT2D eigenvalue weighted by atomic mass is 10.1. The number of pyridine rings is 1. The van der Waals surface area contributed by atoms with Crippen molar-refractivity contribution in [2.75, 3.05) is 32.8 Å². The summed E-state index contributed by atoms with van der Waals surface area (Å²) in [5.74, 6) is 0.861. The predicted molar refractivity (Wildman–Crippen MR) is 220 cm³/mol. The van der Waals surface area contributed by atoms with Crippen LogP contribution in [0.3, 0.4) is 0 Å². The van der Waals surface area contributed by atoms with Gasteiger partial charge >= 0.3 is 0 Å². The highest BCUT2D eigenvalue weighted by Gasteiger charge is 2.35. The first kappa shape index (κ1) is 39.0. The number of rotatable bonds is 13. The average molecular weight is 805 g/mol. The highest BCUT2D eigenvalue weighted by Crippen LogP contribution is 2.41. The number of benzene rings is 4. The van der Waals surface area contributed by atoms with Crippen LogP contribution >= 0.6 is 23.2 Å². The first-order valence-electron chi connectivity index (χ1n) is 17.9. The molecular weight excluding hydrogens is 768 g/mol. The van der Waals surface area contributed by atoms with E-state index in [1.54, 1.807) is 24.3 Å². The third-order valence-electron chi connectivity index (χ3n) is 9.17. The van der Waals surface area contributed by atoms with Gasteiger partial charge in [0.25, 0.3) is 5.91 Å². The van der Waals surface area contributed by atoms with Gasteiger partial charge in [-0.15, -0.1) is 0 Å². The molecule has 0 fully saturated rings. The van der Waals surface area contributed by atoms with E-state index in [9.17, 15) is 9.18 Å². The average Bonchev–Trinajstić information content (AvgIpc) is 3.57. The van der Waals surface area contributed by atoms with Gasteiger partial charge in [-0.05, 0) is 84.3 Å². The van der Waals surface area contributed by atoms with E-state index in [0.717, 1.165) is 12.1 Å². The Labute approximate surface area is 339 Å². The normalized spacial score (nSPS) is 13.2. The molecule has 0 aliphatic carbocycles. The van der Waals surface area contributed by atoms with Crippen LogP contribution in [0.5, 0.6) is 23.0 Å². The first-order valence-corrected chi connectivity index (χ1v) is 18.7. The lowest BCUT2D eigenvalue weighted by Gasteiger charge is -2.19. The zero-order chi connectivity index (χ0) is 40.1. The number of carbonyl (C=O) groups excluding carboxylic acids is 1. The maximum Gasteiger partial charge on any atom is 0.285 e. The zero-order valence-corrected chi connectivity index (χ0v) is 32.9. The molecule has 0 saturated carbocycles. The maximum absolute atomic E-state index is 14.9. The van der Waals surface area contributed by atoms with Crippen molar-refractivity contribution in [1.82, 2.24) is 15.0 Å². The number of methoxy groups -OCH3 is 3. The molecular formula is C44H36Cl2FN5O5. The van der Waals surface area contributed by atoms with E-state index in [4.69, 9.17) is 57.1 Å². The Hall–Kier alpha value is -6.30. The van der Waals surface area contributed by atoms with Gasteiger partial charge in [0.1, 0.15) is 17.3 Å². The number of nitrogens with zero attached hydrogens (tertiary/aromatic N) is 5. The molecule has 1 amide bonds. The minimum atomic E-state index is -0.685. The molecule has 0 saturated heterocycles. The molecule has 3 heterocycles. The summed E-state index contributed by atoms with van der Waals surface area (Å²) in [7, 11) is 4.52. The zero-order valence-electron chi connectivity index (χ0n) is 31.4. The second kappa shape index (κ2) is 17.2. The van der Waals surface area contributed by atoms with Gasteiger partial charge in [0.2, 0.25) is 11.7 Å². The highest BCUT2D eigenvalue weighted by molar-refractivity contribution is 6.39. The number of aromatic nitrogens is 3. The van der Waals surface area contributed by atoms with Crippen molar-refractivity contribution in [2.45, 2.75) is 19.8 Å². The number of halogens is 3. The van der Waals surface area contributed by atoms with E-state index in [1.165, 1.54) is 43.9 Å². The van der Waals surface area contributed by atoms with Crippen LogP contribution < -0.4 is 23.8 Å². The Kier molecular flexibility index (Phi) is 11.8. The van der Waals surface area contributed by atoms with Crippen LogP contribution in [-0.2, 0) is 17.6 Å².